The first-order valence-electron chi connectivity index (χ1n) is 10.6. The predicted molar refractivity (Wildman–Crippen MR) is 127 cm³/mol. The van der Waals surface area contributed by atoms with Gasteiger partial charge in [-0.1, -0.05) is 30.3 Å². The molecule has 1 aliphatic heterocycles. The molecule has 0 saturated carbocycles. The van der Waals surface area contributed by atoms with Crippen molar-refractivity contribution < 1.29 is 19.4 Å². The summed E-state index contributed by atoms with van der Waals surface area (Å²) in [6.07, 6.45) is 3.07. The smallest absolute Gasteiger partial charge is 0.250 e. The molecule has 0 aliphatic carbocycles. The van der Waals surface area contributed by atoms with E-state index in [4.69, 9.17) is 10.5 Å². The average Bonchev–Trinajstić information content (AvgIpc) is 3.50. The number of benzene rings is 3. The normalized spacial score (nSPS) is 16.1. The Morgan fingerprint density at radius 2 is 1.94 bits per heavy atom. The number of nitrogens with two attached hydrogens (primary N) is 1. The van der Waals surface area contributed by atoms with E-state index in [1.165, 1.54) is 0 Å². The Bertz CT molecular complexity index is 1430. The second kappa shape index (κ2) is 8.11. The third-order valence-corrected chi connectivity index (χ3v) is 6.13. The molecule has 5 rings (SSSR count). The topological polar surface area (TPSA) is 117 Å². The molecule has 1 aromatic heterocycles. The highest BCUT2D eigenvalue weighted by Gasteiger charge is 2.27. The summed E-state index contributed by atoms with van der Waals surface area (Å²) in [5.74, 6) is -0.201. The average molecular weight is 441 g/mol. The number of aliphatic hydroxyl groups is 1. The maximum atomic E-state index is 12.8. The highest BCUT2D eigenvalue weighted by atomic mass is 16.5. The van der Waals surface area contributed by atoms with Crippen LogP contribution >= 0.6 is 0 Å². The van der Waals surface area contributed by atoms with E-state index in [9.17, 15) is 14.7 Å². The van der Waals surface area contributed by atoms with E-state index < -0.39 is 12.0 Å². The lowest BCUT2D eigenvalue weighted by Gasteiger charge is -2.17. The third kappa shape index (κ3) is 3.62. The van der Waals surface area contributed by atoms with Crippen molar-refractivity contribution in [3.05, 3.63) is 78.0 Å². The first-order chi connectivity index (χ1) is 16.0. The van der Waals surface area contributed by atoms with E-state index in [2.05, 4.69) is 10.3 Å². The monoisotopic (exact) mass is 441 g/mol. The molecule has 1 aliphatic rings. The van der Waals surface area contributed by atoms with Crippen molar-refractivity contribution in [3.63, 3.8) is 0 Å². The van der Waals surface area contributed by atoms with Crippen LogP contribution < -0.4 is 15.8 Å². The Labute approximate surface area is 189 Å². The summed E-state index contributed by atoms with van der Waals surface area (Å²) in [4.78, 5) is 28.4. The van der Waals surface area contributed by atoms with Crippen molar-refractivity contribution in [1.29, 1.82) is 0 Å². The van der Waals surface area contributed by atoms with E-state index in [1.54, 1.807) is 31.5 Å². The number of nitrogens with one attached hydrogen (secondary N) is 2. The molecular formula is C26H23N3O4. The first-order valence-corrected chi connectivity index (χ1v) is 10.6. The zero-order valence-corrected chi connectivity index (χ0v) is 18.0. The molecule has 0 radical (unpaired) electrons. The lowest BCUT2D eigenvalue weighted by molar-refractivity contribution is 0.0681. The Balaban J connectivity index is 1.62. The van der Waals surface area contributed by atoms with Crippen LogP contribution in [0.25, 0.3) is 32.9 Å². The molecule has 5 N–H and O–H groups in total. The fourth-order valence-corrected chi connectivity index (χ4v) is 4.37. The van der Waals surface area contributed by atoms with Gasteiger partial charge in [0, 0.05) is 21.9 Å². The number of carbonyl (C=O) groups excluding carboxylic acids is 2. The molecule has 2 atom stereocenters. The fourth-order valence-electron chi connectivity index (χ4n) is 4.37. The summed E-state index contributed by atoms with van der Waals surface area (Å²) in [7, 11) is 1.60. The second-order valence-electron chi connectivity index (χ2n) is 8.15. The summed E-state index contributed by atoms with van der Waals surface area (Å²) in [6, 6.07) is 16.2. The van der Waals surface area contributed by atoms with Gasteiger partial charge < -0.3 is 25.9 Å². The van der Waals surface area contributed by atoms with Gasteiger partial charge in [-0.3, -0.25) is 9.59 Å². The minimum absolute atomic E-state index is 0.331. The van der Waals surface area contributed by atoms with Gasteiger partial charge in [0.25, 0.3) is 5.91 Å². The minimum Gasteiger partial charge on any atom is -0.497 e. The molecule has 0 fully saturated rings. The number of fused-ring (bicyclic) bond motifs is 3. The number of amides is 1. The van der Waals surface area contributed by atoms with Crippen molar-refractivity contribution in [2.45, 2.75) is 18.6 Å². The number of aromatic nitrogens is 1. The number of hydrogen-bond donors (Lipinski definition) is 4. The maximum absolute atomic E-state index is 12.8. The van der Waals surface area contributed by atoms with Crippen molar-refractivity contribution in [3.8, 4) is 16.9 Å². The van der Waals surface area contributed by atoms with Gasteiger partial charge in [-0.05, 0) is 54.1 Å². The Morgan fingerprint density at radius 1 is 1.09 bits per heavy atom. The van der Waals surface area contributed by atoms with Crippen LogP contribution in [0, 0.1) is 0 Å². The van der Waals surface area contributed by atoms with Crippen LogP contribution in [0.5, 0.6) is 5.75 Å². The van der Waals surface area contributed by atoms with Crippen LogP contribution in [0.3, 0.4) is 0 Å². The lowest BCUT2D eigenvalue weighted by atomic mass is 9.97. The van der Waals surface area contributed by atoms with Crippen LogP contribution in [0.4, 0.5) is 0 Å². The first kappa shape index (κ1) is 20.8. The Kier molecular flexibility index (Phi) is 5.11. The molecule has 7 nitrogen and oxygen atoms in total. The molecule has 3 aromatic carbocycles. The molecule has 33 heavy (non-hydrogen) atoms. The molecule has 166 valence electrons. The van der Waals surface area contributed by atoms with Gasteiger partial charge in [0.2, 0.25) is 0 Å². The summed E-state index contributed by atoms with van der Waals surface area (Å²) in [6.45, 7) is 0. The second-order valence-corrected chi connectivity index (χ2v) is 8.15. The van der Waals surface area contributed by atoms with Gasteiger partial charge >= 0.3 is 0 Å². The van der Waals surface area contributed by atoms with E-state index in [0.29, 0.717) is 34.3 Å². The largest absolute Gasteiger partial charge is 0.497 e. The van der Waals surface area contributed by atoms with Gasteiger partial charge in [-0.15, -0.1) is 0 Å². The van der Waals surface area contributed by atoms with Crippen LogP contribution in [0.15, 0.2) is 66.9 Å². The number of aliphatic hydroxyl groups excluding tert-OH is 1. The Morgan fingerprint density at radius 3 is 2.67 bits per heavy atom. The van der Waals surface area contributed by atoms with Crippen molar-refractivity contribution in [2.75, 3.05) is 7.11 Å². The fraction of sp³-hybridized carbons (Fsp3) is 0.154. The molecule has 1 amide bonds. The van der Waals surface area contributed by atoms with E-state index in [1.807, 2.05) is 42.5 Å². The summed E-state index contributed by atoms with van der Waals surface area (Å²) in [5.41, 5.74) is 9.47. The molecule has 2 heterocycles. The number of hydrogen-bond acceptors (Lipinski definition) is 5. The summed E-state index contributed by atoms with van der Waals surface area (Å²) >= 11 is 0. The van der Waals surface area contributed by atoms with Gasteiger partial charge in [-0.25, -0.2) is 0 Å². The van der Waals surface area contributed by atoms with E-state index in [0.717, 1.165) is 21.9 Å². The van der Waals surface area contributed by atoms with Crippen molar-refractivity contribution >= 4 is 33.5 Å². The minimum atomic E-state index is -1.15. The number of rotatable bonds is 6. The van der Waals surface area contributed by atoms with Crippen molar-refractivity contribution in [1.82, 2.24) is 10.3 Å². The number of primary amides is 1. The lowest BCUT2D eigenvalue weighted by Crippen LogP contribution is -2.39. The highest BCUT2D eigenvalue weighted by Crippen LogP contribution is 2.34. The Hall–Kier alpha value is -4.10. The van der Waals surface area contributed by atoms with E-state index in [-0.39, 0.29) is 11.8 Å². The molecule has 0 spiro atoms. The van der Waals surface area contributed by atoms with Gasteiger partial charge in [-0.2, -0.15) is 0 Å². The number of H-pyrrole nitrogens is 1. The zero-order chi connectivity index (χ0) is 23.1. The number of methoxy groups -OCH3 is 1. The standard InChI is InChI=1S/C26H23N3O4/c1-33-17-5-2-4-14(10-17)16-11-19-18-8-7-15(24(30)25(31)21-6-3-9-28-21)13-22(18)29-23(19)20(12-16)26(27)32/h2-5,7-13,21,25,28-29,31H,6H2,1H3,(H2,27,32)/t21-,25?/m0/s1. The van der Waals surface area contributed by atoms with Crippen LogP contribution in [0.2, 0.25) is 0 Å². The predicted octanol–water partition coefficient (Wildman–Crippen LogP) is 3.51. The molecule has 0 saturated heterocycles. The van der Waals surface area contributed by atoms with Gasteiger partial charge in [0.15, 0.2) is 5.78 Å². The molecule has 7 heteroatoms. The molecule has 1 unspecified atom stereocenters. The van der Waals surface area contributed by atoms with E-state index >= 15 is 0 Å². The van der Waals surface area contributed by atoms with Crippen molar-refractivity contribution in [2.24, 2.45) is 5.73 Å². The number of carbonyl (C=O) groups is 2. The summed E-state index contributed by atoms with van der Waals surface area (Å²) in [5, 5.41) is 15.1. The highest BCUT2D eigenvalue weighted by molar-refractivity contribution is 6.17. The maximum Gasteiger partial charge on any atom is 0.250 e. The van der Waals surface area contributed by atoms with Crippen LogP contribution in [0.1, 0.15) is 27.1 Å². The van der Waals surface area contributed by atoms with Gasteiger partial charge in [0.05, 0.1) is 24.2 Å². The summed E-state index contributed by atoms with van der Waals surface area (Å²) < 4.78 is 5.33. The molecule has 4 aromatic rings. The quantitative estimate of drug-likeness (QED) is 0.342. The zero-order valence-electron chi connectivity index (χ0n) is 18.0. The number of Topliss-reactive ketones (excluding diaryl/α,β-unsaturated/α-hetero) is 1. The number of aromatic amines is 1. The van der Waals surface area contributed by atoms with Gasteiger partial charge in [0.1, 0.15) is 11.9 Å². The molecular weight excluding hydrogens is 418 g/mol. The number of ketones is 1. The number of ether oxygens (including phenoxy) is 1. The van der Waals surface area contributed by atoms with Crippen LogP contribution in [-0.2, 0) is 0 Å². The van der Waals surface area contributed by atoms with Crippen LogP contribution in [-0.4, -0.2) is 41.0 Å². The SMILES string of the molecule is COc1cccc(-c2cc(C(N)=O)c3[nH]c4cc(C(=O)C(O)[C@@H]5CC=CN5)ccc4c3c2)c1. The third-order valence-electron chi connectivity index (χ3n) is 6.13. The molecule has 0 bridgehead atoms.